The highest BCUT2D eigenvalue weighted by molar-refractivity contribution is 5.34. The Balaban J connectivity index is 3.01. The zero-order chi connectivity index (χ0) is 9.14. The number of aromatic hydroxyl groups is 1. The molecule has 0 radical (unpaired) electrons. The molecule has 0 amide bonds. The molecule has 0 spiro atoms. The SMILES string of the molecule is CC(NN)c1ccc(F)cc1O. The Labute approximate surface area is 70.0 Å². The number of benzene rings is 1. The van der Waals surface area contributed by atoms with Crippen LogP contribution in [-0.4, -0.2) is 5.11 Å². The van der Waals surface area contributed by atoms with Crippen LogP contribution in [0.15, 0.2) is 18.2 Å². The van der Waals surface area contributed by atoms with Gasteiger partial charge in [-0.3, -0.25) is 11.3 Å². The Kier molecular flexibility index (Phi) is 2.62. The minimum absolute atomic E-state index is 0.0829. The number of halogens is 1. The molecule has 1 aromatic rings. The normalized spacial score (nSPS) is 12.9. The van der Waals surface area contributed by atoms with Crippen molar-refractivity contribution in [2.75, 3.05) is 0 Å². The third-order valence-electron chi connectivity index (χ3n) is 1.71. The van der Waals surface area contributed by atoms with Crippen molar-refractivity contribution in [3.8, 4) is 5.75 Å². The molecule has 0 aliphatic carbocycles. The maximum atomic E-state index is 12.5. The number of phenolic OH excluding ortho intramolecular Hbond substituents is 1. The standard InChI is InChI=1S/C8H11FN2O/c1-5(11-10)7-3-2-6(9)4-8(7)12/h2-5,11-12H,10H2,1H3. The van der Waals surface area contributed by atoms with Crippen LogP contribution in [0.1, 0.15) is 18.5 Å². The van der Waals surface area contributed by atoms with Gasteiger partial charge in [-0.25, -0.2) is 4.39 Å². The van der Waals surface area contributed by atoms with E-state index in [1.807, 2.05) is 0 Å². The molecule has 0 saturated carbocycles. The molecule has 3 nitrogen and oxygen atoms in total. The lowest BCUT2D eigenvalue weighted by Gasteiger charge is -2.11. The Morgan fingerprint density at radius 1 is 1.58 bits per heavy atom. The Hall–Kier alpha value is -1.13. The van der Waals surface area contributed by atoms with Gasteiger partial charge >= 0.3 is 0 Å². The molecule has 0 saturated heterocycles. The Bertz CT molecular complexity index is 278. The first-order chi connectivity index (χ1) is 5.65. The van der Waals surface area contributed by atoms with Gasteiger partial charge in [-0.2, -0.15) is 0 Å². The lowest BCUT2D eigenvalue weighted by Crippen LogP contribution is -2.25. The summed E-state index contributed by atoms with van der Waals surface area (Å²) in [5, 5.41) is 9.26. The fourth-order valence-electron chi connectivity index (χ4n) is 0.973. The highest BCUT2D eigenvalue weighted by Gasteiger charge is 2.08. The molecule has 12 heavy (non-hydrogen) atoms. The predicted molar refractivity (Wildman–Crippen MR) is 43.8 cm³/mol. The largest absolute Gasteiger partial charge is 0.508 e. The number of hydrazine groups is 1. The smallest absolute Gasteiger partial charge is 0.126 e. The van der Waals surface area contributed by atoms with Gasteiger partial charge in [0.15, 0.2) is 0 Å². The summed E-state index contributed by atoms with van der Waals surface area (Å²) in [7, 11) is 0. The van der Waals surface area contributed by atoms with Crippen molar-refractivity contribution < 1.29 is 9.50 Å². The second-order valence-corrected chi connectivity index (χ2v) is 2.59. The highest BCUT2D eigenvalue weighted by Crippen LogP contribution is 2.23. The van der Waals surface area contributed by atoms with Gasteiger partial charge in [-0.05, 0) is 13.0 Å². The molecule has 1 unspecified atom stereocenters. The molecule has 4 N–H and O–H groups in total. The molecule has 1 rings (SSSR count). The fourth-order valence-corrected chi connectivity index (χ4v) is 0.973. The summed E-state index contributed by atoms with van der Waals surface area (Å²) in [6, 6.07) is 3.65. The quantitative estimate of drug-likeness (QED) is 0.459. The number of hydrogen-bond donors (Lipinski definition) is 3. The van der Waals surface area contributed by atoms with E-state index < -0.39 is 5.82 Å². The third-order valence-corrected chi connectivity index (χ3v) is 1.71. The van der Waals surface area contributed by atoms with Crippen molar-refractivity contribution in [1.29, 1.82) is 0 Å². The van der Waals surface area contributed by atoms with Gasteiger partial charge in [-0.15, -0.1) is 0 Å². The minimum atomic E-state index is -0.458. The van der Waals surface area contributed by atoms with Crippen LogP contribution in [0, 0.1) is 5.82 Å². The molecule has 0 heterocycles. The molecule has 0 aliphatic rings. The van der Waals surface area contributed by atoms with E-state index in [4.69, 9.17) is 5.84 Å². The number of rotatable bonds is 2. The predicted octanol–water partition coefficient (Wildman–Crippen LogP) is 1.06. The molecule has 1 aromatic carbocycles. The molecule has 0 bridgehead atoms. The van der Waals surface area contributed by atoms with Crippen LogP contribution in [0.2, 0.25) is 0 Å². The maximum Gasteiger partial charge on any atom is 0.126 e. The average Bonchev–Trinajstić information content (AvgIpc) is 2.03. The average molecular weight is 170 g/mol. The monoisotopic (exact) mass is 170 g/mol. The van der Waals surface area contributed by atoms with Gasteiger partial charge in [0, 0.05) is 17.7 Å². The van der Waals surface area contributed by atoms with Crippen molar-refractivity contribution in [2.24, 2.45) is 5.84 Å². The van der Waals surface area contributed by atoms with Crippen LogP contribution in [0.4, 0.5) is 4.39 Å². The van der Waals surface area contributed by atoms with E-state index in [2.05, 4.69) is 5.43 Å². The topological polar surface area (TPSA) is 58.3 Å². The zero-order valence-corrected chi connectivity index (χ0v) is 6.71. The lowest BCUT2D eigenvalue weighted by molar-refractivity contribution is 0.449. The number of nitrogens with two attached hydrogens (primary N) is 1. The summed E-state index contributed by atoms with van der Waals surface area (Å²) >= 11 is 0. The molecule has 1 atom stereocenters. The van der Waals surface area contributed by atoms with E-state index in [9.17, 15) is 9.50 Å². The van der Waals surface area contributed by atoms with Gasteiger partial charge in [-0.1, -0.05) is 6.07 Å². The maximum absolute atomic E-state index is 12.5. The first-order valence-electron chi connectivity index (χ1n) is 3.59. The van der Waals surface area contributed by atoms with E-state index in [1.54, 1.807) is 6.92 Å². The number of phenols is 1. The van der Waals surface area contributed by atoms with Crippen LogP contribution < -0.4 is 11.3 Å². The van der Waals surface area contributed by atoms with Crippen molar-refractivity contribution in [3.05, 3.63) is 29.6 Å². The molecular formula is C8H11FN2O. The lowest BCUT2D eigenvalue weighted by atomic mass is 10.1. The fraction of sp³-hybridized carbons (Fsp3) is 0.250. The Morgan fingerprint density at radius 3 is 2.75 bits per heavy atom. The molecule has 4 heteroatoms. The summed E-state index contributed by atoms with van der Waals surface area (Å²) < 4.78 is 12.5. The van der Waals surface area contributed by atoms with Gasteiger partial charge in [0.25, 0.3) is 0 Å². The van der Waals surface area contributed by atoms with Gasteiger partial charge in [0.05, 0.1) is 0 Å². The van der Waals surface area contributed by atoms with Gasteiger partial charge in [0.2, 0.25) is 0 Å². The molecule has 0 aliphatic heterocycles. The van der Waals surface area contributed by atoms with Crippen molar-refractivity contribution in [1.82, 2.24) is 5.43 Å². The summed E-state index contributed by atoms with van der Waals surface area (Å²) in [6.07, 6.45) is 0. The summed E-state index contributed by atoms with van der Waals surface area (Å²) in [5.74, 6) is 4.62. The van der Waals surface area contributed by atoms with E-state index in [0.29, 0.717) is 5.56 Å². The Morgan fingerprint density at radius 2 is 2.25 bits per heavy atom. The van der Waals surface area contributed by atoms with Crippen LogP contribution >= 0.6 is 0 Å². The molecule has 66 valence electrons. The number of nitrogens with one attached hydrogen (secondary N) is 1. The third kappa shape index (κ3) is 1.72. The summed E-state index contributed by atoms with van der Waals surface area (Å²) in [6.45, 7) is 1.77. The minimum Gasteiger partial charge on any atom is -0.508 e. The molecule has 0 fully saturated rings. The first-order valence-corrected chi connectivity index (χ1v) is 3.59. The van der Waals surface area contributed by atoms with Crippen molar-refractivity contribution in [2.45, 2.75) is 13.0 Å². The first kappa shape index (κ1) is 8.96. The van der Waals surface area contributed by atoms with Crippen molar-refractivity contribution >= 4 is 0 Å². The molecular weight excluding hydrogens is 159 g/mol. The highest BCUT2D eigenvalue weighted by atomic mass is 19.1. The van der Waals surface area contributed by atoms with E-state index in [-0.39, 0.29) is 11.8 Å². The number of hydrogen-bond acceptors (Lipinski definition) is 3. The van der Waals surface area contributed by atoms with E-state index in [0.717, 1.165) is 6.07 Å². The van der Waals surface area contributed by atoms with E-state index >= 15 is 0 Å². The van der Waals surface area contributed by atoms with Crippen LogP contribution in [0.5, 0.6) is 5.75 Å². The van der Waals surface area contributed by atoms with Crippen molar-refractivity contribution in [3.63, 3.8) is 0 Å². The second kappa shape index (κ2) is 3.51. The second-order valence-electron chi connectivity index (χ2n) is 2.59. The van der Waals surface area contributed by atoms with E-state index in [1.165, 1.54) is 12.1 Å². The van der Waals surface area contributed by atoms with Crippen LogP contribution in [0.25, 0.3) is 0 Å². The molecule has 0 aromatic heterocycles. The summed E-state index contributed by atoms with van der Waals surface area (Å²) in [4.78, 5) is 0. The van der Waals surface area contributed by atoms with Crippen LogP contribution in [-0.2, 0) is 0 Å². The van der Waals surface area contributed by atoms with Gasteiger partial charge in [0.1, 0.15) is 11.6 Å². The zero-order valence-electron chi connectivity index (χ0n) is 6.71. The summed E-state index contributed by atoms with van der Waals surface area (Å²) in [5.41, 5.74) is 3.04. The van der Waals surface area contributed by atoms with Crippen LogP contribution in [0.3, 0.4) is 0 Å². The van der Waals surface area contributed by atoms with Gasteiger partial charge < -0.3 is 5.11 Å².